The number of nitrogens with one attached hydrogen (secondary N) is 1. The fraction of sp³-hybridized carbons (Fsp3) is 0.385. The minimum Gasteiger partial charge on any atom is -0.497 e. The Hall–Kier alpha value is -4.35. The molecule has 11 nitrogen and oxygen atoms in total. The third-order valence-electron chi connectivity index (χ3n) is 5.25. The molecule has 0 unspecified atom stereocenters. The number of esters is 1. The molecule has 38 heavy (non-hydrogen) atoms. The van der Waals surface area contributed by atoms with Crippen molar-refractivity contribution in [3.63, 3.8) is 0 Å². The molecular formula is C26H31FN6O5. The zero-order valence-corrected chi connectivity index (χ0v) is 22.0. The van der Waals surface area contributed by atoms with E-state index in [4.69, 9.17) is 9.47 Å². The number of halogens is 1. The second kappa shape index (κ2) is 12.3. The monoisotopic (exact) mass is 526 g/mol. The Morgan fingerprint density at radius 1 is 1.08 bits per heavy atom. The molecule has 2 amide bonds. The molecule has 1 aromatic heterocycles. The maximum absolute atomic E-state index is 13.7. The van der Waals surface area contributed by atoms with Crippen LogP contribution in [0.2, 0.25) is 0 Å². The van der Waals surface area contributed by atoms with Gasteiger partial charge in [-0.3, -0.25) is 14.4 Å². The van der Waals surface area contributed by atoms with Crippen molar-refractivity contribution in [2.45, 2.75) is 45.8 Å². The van der Waals surface area contributed by atoms with Crippen molar-refractivity contribution in [2.75, 3.05) is 20.3 Å². The van der Waals surface area contributed by atoms with Crippen LogP contribution in [0, 0.1) is 5.82 Å². The first-order chi connectivity index (χ1) is 18.0. The molecule has 12 heteroatoms. The van der Waals surface area contributed by atoms with Gasteiger partial charge in [0, 0.05) is 11.1 Å². The first kappa shape index (κ1) is 28.2. The average molecular weight is 527 g/mol. The first-order valence-corrected chi connectivity index (χ1v) is 12.0. The number of nitrogens with zero attached hydrogens (tertiary/aromatic N) is 5. The third-order valence-corrected chi connectivity index (χ3v) is 5.25. The largest absolute Gasteiger partial charge is 0.497 e. The summed E-state index contributed by atoms with van der Waals surface area (Å²) in [7, 11) is 1.55. The Balaban J connectivity index is 1.94. The summed E-state index contributed by atoms with van der Waals surface area (Å²) in [4.78, 5) is 41.6. The van der Waals surface area contributed by atoms with Gasteiger partial charge in [-0.15, -0.1) is 10.2 Å². The number of ether oxygens (including phenoxy) is 2. The number of hydrogen-bond acceptors (Lipinski definition) is 8. The standard InChI is InChI=1S/C26H31FN6O5/c1-6-38-22(35)16-32(23(25(36)28-26(2,3)4)17-7-11-19(27)12-8-17)21(34)15-33-30-24(29-31-33)18-9-13-20(37-5)14-10-18/h7-14,23H,6,15-16H2,1-5H3,(H,28,36)/t23-/m1/s1. The lowest BCUT2D eigenvalue weighted by Crippen LogP contribution is -2.51. The molecule has 0 aliphatic rings. The van der Waals surface area contributed by atoms with E-state index in [2.05, 4.69) is 20.7 Å². The number of tetrazole rings is 1. The van der Waals surface area contributed by atoms with Crippen molar-refractivity contribution >= 4 is 17.8 Å². The Morgan fingerprint density at radius 3 is 2.32 bits per heavy atom. The molecule has 1 atom stereocenters. The van der Waals surface area contributed by atoms with Crippen molar-refractivity contribution in [3.8, 4) is 17.1 Å². The summed E-state index contributed by atoms with van der Waals surface area (Å²) in [5.74, 6) is -1.47. The Morgan fingerprint density at radius 2 is 1.74 bits per heavy atom. The molecule has 0 saturated heterocycles. The van der Waals surface area contributed by atoms with E-state index in [1.54, 1.807) is 59.1 Å². The Kier molecular flexibility index (Phi) is 9.11. The first-order valence-electron chi connectivity index (χ1n) is 12.0. The van der Waals surface area contributed by atoms with E-state index in [0.717, 1.165) is 9.70 Å². The number of hydrogen-bond donors (Lipinski definition) is 1. The van der Waals surface area contributed by atoms with E-state index in [-0.39, 0.29) is 12.4 Å². The number of carbonyl (C=O) groups excluding carboxylic acids is 3. The van der Waals surface area contributed by atoms with Crippen LogP contribution < -0.4 is 10.1 Å². The molecule has 0 aliphatic heterocycles. The van der Waals surface area contributed by atoms with Gasteiger partial charge in [0.25, 0.3) is 0 Å². The number of amides is 2. The third kappa shape index (κ3) is 7.58. The predicted molar refractivity (Wildman–Crippen MR) is 135 cm³/mol. The fourth-order valence-corrected chi connectivity index (χ4v) is 3.60. The van der Waals surface area contributed by atoms with Crippen LogP contribution in [0.3, 0.4) is 0 Å². The van der Waals surface area contributed by atoms with E-state index in [9.17, 15) is 18.8 Å². The summed E-state index contributed by atoms with van der Waals surface area (Å²) in [6.45, 7) is 6.13. The van der Waals surface area contributed by atoms with Gasteiger partial charge < -0.3 is 19.7 Å². The van der Waals surface area contributed by atoms with Gasteiger partial charge in [0.15, 0.2) is 0 Å². The highest BCUT2D eigenvalue weighted by Gasteiger charge is 2.35. The van der Waals surface area contributed by atoms with Gasteiger partial charge in [-0.25, -0.2) is 4.39 Å². The predicted octanol–water partition coefficient (Wildman–Crippen LogP) is 2.54. The lowest BCUT2D eigenvalue weighted by molar-refractivity contribution is -0.153. The van der Waals surface area contributed by atoms with Crippen LogP contribution in [0.1, 0.15) is 39.3 Å². The molecular weight excluding hydrogens is 495 g/mol. The van der Waals surface area contributed by atoms with E-state index < -0.39 is 48.3 Å². The van der Waals surface area contributed by atoms with Gasteiger partial charge in [-0.1, -0.05) is 12.1 Å². The van der Waals surface area contributed by atoms with E-state index in [1.807, 2.05) is 0 Å². The Bertz CT molecular complexity index is 1250. The van der Waals surface area contributed by atoms with Gasteiger partial charge in [0.05, 0.1) is 13.7 Å². The molecule has 202 valence electrons. The maximum Gasteiger partial charge on any atom is 0.325 e. The van der Waals surface area contributed by atoms with Crippen LogP contribution in [0.15, 0.2) is 48.5 Å². The van der Waals surface area contributed by atoms with Crippen molar-refractivity contribution < 1.29 is 28.2 Å². The zero-order valence-electron chi connectivity index (χ0n) is 22.0. The molecule has 1 heterocycles. The SMILES string of the molecule is CCOC(=O)CN(C(=O)Cn1nnc(-c2ccc(OC)cc2)n1)[C@@H](C(=O)NC(C)(C)C)c1ccc(F)cc1. The summed E-state index contributed by atoms with van der Waals surface area (Å²) >= 11 is 0. The quantitative estimate of drug-likeness (QED) is 0.399. The van der Waals surface area contributed by atoms with Crippen LogP contribution in [-0.4, -0.2) is 68.7 Å². The van der Waals surface area contributed by atoms with Gasteiger partial charge in [0.1, 0.15) is 30.7 Å². The van der Waals surface area contributed by atoms with Crippen LogP contribution in [0.4, 0.5) is 4.39 Å². The van der Waals surface area contributed by atoms with Crippen molar-refractivity contribution in [1.29, 1.82) is 0 Å². The molecule has 0 aliphatic carbocycles. The molecule has 0 spiro atoms. The van der Waals surface area contributed by atoms with Gasteiger partial charge in [-0.2, -0.15) is 4.80 Å². The smallest absolute Gasteiger partial charge is 0.325 e. The van der Waals surface area contributed by atoms with Crippen LogP contribution in [0.25, 0.3) is 11.4 Å². The van der Waals surface area contributed by atoms with Crippen molar-refractivity contribution in [2.24, 2.45) is 0 Å². The van der Waals surface area contributed by atoms with E-state index >= 15 is 0 Å². The van der Waals surface area contributed by atoms with Gasteiger partial charge in [-0.05, 0) is 74.9 Å². The summed E-state index contributed by atoms with van der Waals surface area (Å²) in [5, 5.41) is 15.0. The molecule has 0 fully saturated rings. The molecule has 0 radical (unpaired) electrons. The van der Waals surface area contributed by atoms with Gasteiger partial charge >= 0.3 is 5.97 Å². The number of aromatic nitrogens is 4. The molecule has 3 aromatic rings. The summed E-state index contributed by atoms with van der Waals surface area (Å²) in [6, 6.07) is 10.9. The highest BCUT2D eigenvalue weighted by Crippen LogP contribution is 2.24. The zero-order chi connectivity index (χ0) is 27.9. The minimum atomic E-state index is -1.25. The molecule has 0 saturated carbocycles. The minimum absolute atomic E-state index is 0.0894. The second-order valence-corrected chi connectivity index (χ2v) is 9.39. The number of benzene rings is 2. The van der Waals surface area contributed by atoms with E-state index in [1.165, 1.54) is 24.3 Å². The molecule has 2 aromatic carbocycles. The highest BCUT2D eigenvalue weighted by atomic mass is 19.1. The van der Waals surface area contributed by atoms with Crippen LogP contribution >= 0.6 is 0 Å². The summed E-state index contributed by atoms with van der Waals surface area (Å²) in [6.07, 6.45) is 0. The number of carbonyl (C=O) groups is 3. The average Bonchev–Trinajstić information content (AvgIpc) is 3.32. The fourth-order valence-electron chi connectivity index (χ4n) is 3.60. The maximum atomic E-state index is 13.7. The molecule has 3 rings (SSSR count). The Labute approximate surface area is 219 Å². The highest BCUT2D eigenvalue weighted by molar-refractivity contribution is 5.91. The second-order valence-electron chi connectivity index (χ2n) is 9.39. The summed E-state index contributed by atoms with van der Waals surface area (Å²) < 4.78 is 23.9. The lowest BCUT2D eigenvalue weighted by Gasteiger charge is -2.33. The van der Waals surface area contributed by atoms with Crippen molar-refractivity contribution in [3.05, 3.63) is 59.9 Å². The van der Waals surface area contributed by atoms with Crippen LogP contribution in [0.5, 0.6) is 5.75 Å². The van der Waals surface area contributed by atoms with Crippen molar-refractivity contribution in [1.82, 2.24) is 30.4 Å². The molecule has 1 N–H and O–H groups in total. The topological polar surface area (TPSA) is 129 Å². The normalized spacial score (nSPS) is 11.9. The lowest BCUT2D eigenvalue weighted by atomic mass is 10.0. The summed E-state index contributed by atoms with van der Waals surface area (Å²) in [5.41, 5.74) is 0.326. The van der Waals surface area contributed by atoms with Gasteiger partial charge in [0.2, 0.25) is 17.6 Å². The number of rotatable bonds is 10. The molecule has 0 bridgehead atoms. The van der Waals surface area contributed by atoms with Crippen LogP contribution in [-0.2, 0) is 25.7 Å². The number of methoxy groups -OCH3 is 1. The van der Waals surface area contributed by atoms with E-state index in [0.29, 0.717) is 16.9 Å².